The summed E-state index contributed by atoms with van der Waals surface area (Å²) in [7, 11) is 0. The fraction of sp³-hybridized carbons (Fsp3) is 0.206. The number of hydrogen-bond acceptors (Lipinski definition) is 6. The van der Waals surface area contributed by atoms with Gasteiger partial charge in [-0.2, -0.15) is 0 Å². The molecule has 0 N–H and O–H groups in total. The van der Waals surface area contributed by atoms with Gasteiger partial charge < -0.3 is 14.0 Å². The monoisotopic (exact) mass is 645 g/mol. The maximum Gasteiger partial charge on any atom is 0.338 e. The molecule has 44 heavy (non-hydrogen) atoms. The lowest BCUT2D eigenvalue weighted by atomic mass is 9.95. The second kappa shape index (κ2) is 12.5. The lowest BCUT2D eigenvalue weighted by Gasteiger charge is -2.26. The Morgan fingerprint density at radius 1 is 1.02 bits per heavy atom. The van der Waals surface area contributed by atoms with Crippen molar-refractivity contribution in [2.75, 3.05) is 13.2 Å². The van der Waals surface area contributed by atoms with Crippen LogP contribution in [0.5, 0.6) is 5.75 Å². The average Bonchev–Trinajstić information content (AvgIpc) is 3.51. The Bertz CT molecular complexity index is 2130. The Morgan fingerprint density at radius 3 is 2.57 bits per heavy atom. The van der Waals surface area contributed by atoms with Crippen LogP contribution >= 0.6 is 34.5 Å². The summed E-state index contributed by atoms with van der Waals surface area (Å²) in [6.45, 7) is 6.63. The number of aromatic nitrogens is 2. The van der Waals surface area contributed by atoms with Gasteiger partial charge in [-0.1, -0.05) is 77.0 Å². The topological polar surface area (TPSA) is 74.8 Å². The van der Waals surface area contributed by atoms with Gasteiger partial charge in [-0.25, -0.2) is 9.79 Å². The number of rotatable bonds is 8. The molecule has 1 atom stereocenters. The SMILES string of the molecule is CCOC(=O)C1=C(C)N=c2s/c(=C\c3cn(Cc4ccc(Cl)c(Cl)c4)c4ccccc34)c(=O)n2[C@@H]1c1ccccc1OCC. The largest absolute Gasteiger partial charge is 0.494 e. The molecule has 1 aliphatic heterocycles. The first-order valence-corrected chi connectivity index (χ1v) is 15.8. The van der Waals surface area contributed by atoms with Crippen molar-refractivity contribution in [1.29, 1.82) is 0 Å². The fourth-order valence-electron chi connectivity index (χ4n) is 5.58. The maximum absolute atomic E-state index is 14.2. The van der Waals surface area contributed by atoms with E-state index in [0.29, 0.717) is 55.1 Å². The predicted molar refractivity (Wildman–Crippen MR) is 176 cm³/mol. The minimum Gasteiger partial charge on any atom is -0.494 e. The van der Waals surface area contributed by atoms with Crippen molar-refractivity contribution in [3.8, 4) is 5.75 Å². The maximum atomic E-state index is 14.2. The van der Waals surface area contributed by atoms with Gasteiger partial charge in [0, 0.05) is 34.8 Å². The number of carbonyl (C=O) groups is 1. The number of esters is 1. The summed E-state index contributed by atoms with van der Waals surface area (Å²) in [6.07, 6.45) is 3.93. The molecule has 0 spiro atoms. The van der Waals surface area contributed by atoms with Crippen molar-refractivity contribution >= 4 is 57.5 Å². The zero-order valence-electron chi connectivity index (χ0n) is 24.3. The van der Waals surface area contributed by atoms with Gasteiger partial charge in [0.25, 0.3) is 5.56 Å². The van der Waals surface area contributed by atoms with Crippen LogP contribution in [0.15, 0.2) is 94.0 Å². The lowest BCUT2D eigenvalue weighted by molar-refractivity contribution is -0.139. The normalized spacial score (nSPS) is 14.9. The molecule has 0 bridgehead atoms. The number of halogens is 2. The van der Waals surface area contributed by atoms with Crippen LogP contribution in [0.4, 0.5) is 0 Å². The molecule has 3 aromatic carbocycles. The first-order valence-electron chi connectivity index (χ1n) is 14.2. The molecule has 0 unspecified atom stereocenters. The molecule has 0 radical (unpaired) electrons. The summed E-state index contributed by atoms with van der Waals surface area (Å²) in [4.78, 5) is 32.8. The van der Waals surface area contributed by atoms with E-state index < -0.39 is 12.0 Å². The van der Waals surface area contributed by atoms with E-state index in [-0.39, 0.29) is 12.2 Å². The number of ether oxygens (including phenoxy) is 2. The highest BCUT2D eigenvalue weighted by Crippen LogP contribution is 2.36. The number of carbonyl (C=O) groups excluding carboxylic acids is 1. The summed E-state index contributed by atoms with van der Waals surface area (Å²) in [5, 5.41) is 2.01. The van der Waals surface area contributed by atoms with E-state index in [1.165, 1.54) is 11.3 Å². The van der Waals surface area contributed by atoms with Crippen LogP contribution in [0, 0.1) is 0 Å². The molecule has 5 aromatic rings. The summed E-state index contributed by atoms with van der Waals surface area (Å²) < 4.78 is 15.6. The zero-order chi connectivity index (χ0) is 31.0. The van der Waals surface area contributed by atoms with E-state index in [4.69, 9.17) is 37.7 Å². The highest BCUT2D eigenvalue weighted by molar-refractivity contribution is 7.07. The van der Waals surface area contributed by atoms with Gasteiger partial charge in [0.05, 0.1) is 39.1 Å². The van der Waals surface area contributed by atoms with Crippen molar-refractivity contribution < 1.29 is 14.3 Å². The van der Waals surface area contributed by atoms with E-state index in [2.05, 4.69) is 4.57 Å². The number of para-hydroxylation sites is 2. The van der Waals surface area contributed by atoms with Gasteiger partial charge in [-0.15, -0.1) is 0 Å². The van der Waals surface area contributed by atoms with E-state index in [9.17, 15) is 9.59 Å². The van der Waals surface area contributed by atoms with Crippen molar-refractivity contribution in [2.24, 2.45) is 4.99 Å². The number of thiazole rings is 1. The number of benzene rings is 3. The van der Waals surface area contributed by atoms with Crippen molar-refractivity contribution in [3.05, 3.63) is 131 Å². The quantitative estimate of drug-likeness (QED) is 0.180. The number of allylic oxidation sites excluding steroid dienone is 1. The smallest absolute Gasteiger partial charge is 0.338 e. The molecular formula is C34H29Cl2N3O4S. The third kappa shape index (κ3) is 5.49. The van der Waals surface area contributed by atoms with Crippen LogP contribution in [-0.2, 0) is 16.1 Å². The van der Waals surface area contributed by atoms with Crippen molar-refractivity contribution in [2.45, 2.75) is 33.4 Å². The fourth-order valence-corrected chi connectivity index (χ4v) is 6.93. The molecule has 224 valence electrons. The Balaban J connectivity index is 1.52. The predicted octanol–water partition coefficient (Wildman–Crippen LogP) is 6.51. The summed E-state index contributed by atoms with van der Waals surface area (Å²) >= 11 is 13.7. The Hall–Kier alpha value is -4.11. The molecule has 0 fully saturated rings. The summed E-state index contributed by atoms with van der Waals surface area (Å²) in [6, 6.07) is 20.3. The van der Waals surface area contributed by atoms with Crippen LogP contribution in [0.25, 0.3) is 17.0 Å². The van der Waals surface area contributed by atoms with Crippen LogP contribution in [0.3, 0.4) is 0 Å². The zero-order valence-corrected chi connectivity index (χ0v) is 26.7. The Kier molecular flexibility index (Phi) is 8.49. The van der Waals surface area contributed by atoms with Gasteiger partial charge in [0.1, 0.15) is 11.8 Å². The van der Waals surface area contributed by atoms with Crippen LogP contribution < -0.4 is 19.6 Å². The summed E-state index contributed by atoms with van der Waals surface area (Å²) in [5.41, 5.74) is 4.17. The molecule has 0 saturated heterocycles. The van der Waals surface area contributed by atoms with Gasteiger partial charge in [-0.05, 0) is 56.7 Å². The van der Waals surface area contributed by atoms with Gasteiger partial charge in [0.2, 0.25) is 0 Å². The minimum atomic E-state index is -0.758. The highest BCUT2D eigenvalue weighted by Gasteiger charge is 2.35. The molecule has 2 aromatic heterocycles. The lowest BCUT2D eigenvalue weighted by Crippen LogP contribution is -2.40. The van der Waals surface area contributed by atoms with E-state index in [0.717, 1.165) is 22.0 Å². The third-order valence-corrected chi connectivity index (χ3v) is 9.20. The van der Waals surface area contributed by atoms with Gasteiger partial charge >= 0.3 is 5.97 Å². The van der Waals surface area contributed by atoms with Crippen molar-refractivity contribution in [1.82, 2.24) is 9.13 Å². The van der Waals surface area contributed by atoms with Crippen LogP contribution in [0.2, 0.25) is 10.0 Å². The molecule has 6 rings (SSSR count). The van der Waals surface area contributed by atoms with E-state index >= 15 is 0 Å². The summed E-state index contributed by atoms with van der Waals surface area (Å²) in [5.74, 6) is 0.0844. The van der Waals surface area contributed by atoms with E-state index in [1.807, 2.05) is 79.9 Å². The van der Waals surface area contributed by atoms with E-state index in [1.54, 1.807) is 24.5 Å². The first kappa shape index (κ1) is 29.9. The molecule has 1 aliphatic rings. The molecule has 0 saturated carbocycles. The Morgan fingerprint density at radius 2 is 1.80 bits per heavy atom. The second-order valence-electron chi connectivity index (χ2n) is 10.3. The Labute approximate surface area is 267 Å². The molecule has 0 aliphatic carbocycles. The average molecular weight is 647 g/mol. The van der Waals surface area contributed by atoms with Crippen molar-refractivity contribution in [3.63, 3.8) is 0 Å². The van der Waals surface area contributed by atoms with Gasteiger partial charge in [0.15, 0.2) is 4.80 Å². The molecular weight excluding hydrogens is 617 g/mol. The minimum absolute atomic E-state index is 0.201. The molecule has 0 amide bonds. The number of hydrogen-bond donors (Lipinski definition) is 0. The van der Waals surface area contributed by atoms with Gasteiger partial charge in [-0.3, -0.25) is 9.36 Å². The standard InChI is InChI=1S/C34H29Cl2N3O4S/c1-4-42-28-13-9-7-11-24(28)31-30(33(41)43-5-2)20(3)37-34-39(31)32(40)29(44-34)17-22-19-38(27-12-8-6-10-23(22)27)18-21-14-15-25(35)26(36)16-21/h6-17,19,31H,4-5,18H2,1-3H3/b29-17-/t31-/m1/s1. The van der Waals surface area contributed by atoms with Crippen LogP contribution in [-0.4, -0.2) is 28.3 Å². The molecule has 3 heterocycles. The number of fused-ring (bicyclic) bond motifs is 2. The molecule has 7 nitrogen and oxygen atoms in total. The number of nitrogens with zero attached hydrogens (tertiary/aromatic N) is 3. The molecule has 10 heteroatoms. The third-order valence-electron chi connectivity index (χ3n) is 7.47. The second-order valence-corrected chi connectivity index (χ2v) is 12.1. The first-order chi connectivity index (χ1) is 21.3. The van der Waals surface area contributed by atoms with Crippen LogP contribution in [0.1, 0.15) is 43.5 Å². The highest BCUT2D eigenvalue weighted by atomic mass is 35.5.